The van der Waals surface area contributed by atoms with E-state index >= 15 is 0 Å². The summed E-state index contributed by atoms with van der Waals surface area (Å²) in [7, 11) is 4.16. The molecule has 0 aliphatic carbocycles. The van der Waals surface area contributed by atoms with Crippen LogP contribution in [0, 0.1) is 0 Å². The molecule has 0 aromatic heterocycles. The van der Waals surface area contributed by atoms with Crippen molar-refractivity contribution in [3.8, 4) is 0 Å². The first-order chi connectivity index (χ1) is 3.81. The van der Waals surface area contributed by atoms with E-state index < -0.39 is 0 Å². The quantitative estimate of drug-likeness (QED) is 0.534. The second-order valence-corrected chi connectivity index (χ2v) is 1.93. The fourth-order valence-electron chi connectivity index (χ4n) is 0.447. The van der Waals surface area contributed by atoms with Crippen LogP contribution in [0.4, 0.5) is 0 Å². The van der Waals surface area contributed by atoms with Crippen LogP contribution in [0.15, 0.2) is 0 Å². The predicted octanol–water partition coefficient (Wildman–Crippen LogP) is 0.871. The summed E-state index contributed by atoms with van der Waals surface area (Å²) < 4.78 is 9.94. The van der Waals surface area contributed by atoms with E-state index in [1.165, 1.54) is 0 Å². The highest BCUT2D eigenvalue weighted by Crippen LogP contribution is 1.92. The number of methoxy groups -OCH3 is 1. The minimum atomic E-state index is 0.220. The van der Waals surface area contributed by atoms with Crippen molar-refractivity contribution < 1.29 is 9.47 Å². The van der Waals surface area contributed by atoms with Gasteiger partial charge < -0.3 is 9.47 Å². The van der Waals surface area contributed by atoms with Crippen molar-refractivity contribution in [2.45, 2.75) is 13.0 Å². The number of ether oxygens (including phenoxy) is 2. The van der Waals surface area contributed by atoms with Gasteiger partial charge in [0.2, 0.25) is 0 Å². The van der Waals surface area contributed by atoms with Crippen molar-refractivity contribution in [3.05, 3.63) is 0 Å². The molecule has 1 unspecified atom stereocenters. The van der Waals surface area contributed by atoms with Crippen LogP contribution in [-0.4, -0.2) is 26.2 Å². The van der Waals surface area contributed by atoms with Crippen molar-refractivity contribution in [1.82, 2.24) is 0 Å². The molecule has 0 N–H and O–H groups in total. The van der Waals surface area contributed by atoms with Gasteiger partial charge in [0.25, 0.3) is 0 Å². The fourth-order valence-corrected chi connectivity index (χ4v) is 0.776. The predicted molar refractivity (Wildman–Crippen MR) is 37.0 cm³/mol. The molecule has 8 heavy (non-hydrogen) atoms. The molecule has 0 aromatic carbocycles. The molecule has 0 radical (unpaired) electrons. The zero-order valence-corrected chi connectivity index (χ0v) is 6.54. The molecule has 0 bridgehead atoms. The Morgan fingerprint density at radius 2 is 2.25 bits per heavy atom. The summed E-state index contributed by atoms with van der Waals surface area (Å²) in [4.78, 5) is 0. The van der Waals surface area contributed by atoms with Gasteiger partial charge in [-0.15, -0.1) is 9.24 Å². The first kappa shape index (κ1) is 8.35. The molecule has 50 valence electrons. The summed E-state index contributed by atoms with van der Waals surface area (Å²) >= 11 is 0. The SMILES string of the molecule is COC[C@H](C)OCP. The first-order valence-electron chi connectivity index (χ1n) is 2.62. The summed E-state index contributed by atoms with van der Waals surface area (Å²) in [5.41, 5.74) is 0. The smallest absolute Gasteiger partial charge is 0.0784 e. The van der Waals surface area contributed by atoms with E-state index in [-0.39, 0.29) is 6.10 Å². The normalized spacial score (nSPS) is 13.9. The summed E-state index contributed by atoms with van der Waals surface area (Å²) in [6, 6.07) is 0. The largest absolute Gasteiger partial charge is 0.382 e. The summed E-state index contributed by atoms with van der Waals surface area (Å²) in [6.07, 6.45) is 0.905. The monoisotopic (exact) mass is 136 g/mol. The van der Waals surface area contributed by atoms with Gasteiger partial charge in [-0.2, -0.15) is 0 Å². The molecule has 0 aromatic rings. The lowest BCUT2D eigenvalue weighted by molar-refractivity contribution is 0.0324. The van der Waals surface area contributed by atoms with Crippen LogP contribution in [0.2, 0.25) is 0 Å². The van der Waals surface area contributed by atoms with Crippen molar-refractivity contribution in [2.75, 3.05) is 20.1 Å². The molecular weight excluding hydrogens is 123 g/mol. The Hall–Kier alpha value is 0.350. The third-order valence-corrected chi connectivity index (χ3v) is 0.975. The highest BCUT2D eigenvalue weighted by molar-refractivity contribution is 7.16. The van der Waals surface area contributed by atoms with Gasteiger partial charge >= 0.3 is 0 Å². The number of hydrogen-bond acceptors (Lipinski definition) is 2. The lowest BCUT2D eigenvalue weighted by atomic mass is 10.4. The average Bonchev–Trinajstić information content (AvgIpc) is 1.68. The lowest BCUT2D eigenvalue weighted by Crippen LogP contribution is -2.13. The van der Waals surface area contributed by atoms with E-state index in [2.05, 4.69) is 9.24 Å². The van der Waals surface area contributed by atoms with Crippen molar-refractivity contribution >= 4 is 9.24 Å². The maximum atomic E-state index is 5.12. The minimum Gasteiger partial charge on any atom is -0.382 e. The molecule has 0 aliphatic heterocycles. The fraction of sp³-hybridized carbons (Fsp3) is 1.00. The Kier molecular flexibility index (Phi) is 5.73. The molecule has 0 saturated carbocycles. The minimum absolute atomic E-state index is 0.220. The molecule has 0 saturated heterocycles. The van der Waals surface area contributed by atoms with Crippen LogP contribution in [-0.2, 0) is 9.47 Å². The van der Waals surface area contributed by atoms with Gasteiger partial charge in [-0.3, -0.25) is 0 Å². The van der Waals surface area contributed by atoms with E-state index in [9.17, 15) is 0 Å². The van der Waals surface area contributed by atoms with Crippen LogP contribution in [0.5, 0.6) is 0 Å². The second-order valence-electron chi connectivity index (χ2n) is 1.60. The highest BCUT2D eigenvalue weighted by Gasteiger charge is 1.96. The van der Waals surface area contributed by atoms with Crippen LogP contribution in [0.3, 0.4) is 0 Å². The van der Waals surface area contributed by atoms with Crippen LogP contribution < -0.4 is 0 Å². The van der Waals surface area contributed by atoms with E-state index in [0.717, 1.165) is 0 Å². The number of rotatable bonds is 4. The molecule has 0 heterocycles. The van der Waals surface area contributed by atoms with Gasteiger partial charge in [0, 0.05) is 7.11 Å². The van der Waals surface area contributed by atoms with Crippen molar-refractivity contribution in [3.63, 3.8) is 0 Å². The lowest BCUT2D eigenvalue weighted by Gasteiger charge is -2.08. The third kappa shape index (κ3) is 4.51. The van der Waals surface area contributed by atoms with E-state index in [1.807, 2.05) is 6.92 Å². The van der Waals surface area contributed by atoms with Crippen LogP contribution in [0.1, 0.15) is 6.92 Å². The van der Waals surface area contributed by atoms with Crippen LogP contribution in [0.25, 0.3) is 0 Å². The third-order valence-electron chi connectivity index (χ3n) is 0.782. The van der Waals surface area contributed by atoms with Crippen molar-refractivity contribution in [2.24, 2.45) is 0 Å². The molecule has 3 heteroatoms. The second kappa shape index (κ2) is 5.49. The first-order valence-corrected chi connectivity index (χ1v) is 3.43. The maximum absolute atomic E-state index is 5.12. The molecule has 0 aliphatic rings. The Morgan fingerprint density at radius 3 is 2.62 bits per heavy atom. The van der Waals surface area contributed by atoms with Gasteiger partial charge in [-0.25, -0.2) is 0 Å². The van der Waals surface area contributed by atoms with Gasteiger partial charge in [-0.05, 0) is 6.92 Å². The van der Waals surface area contributed by atoms with Gasteiger partial charge in [0.15, 0.2) is 0 Å². The zero-order chi connectivity index (χ0) is 6.41. The van der Waals surface area contributed by atoms with E-state index in [0.29, 0.717) is 13.0 Å². The average molecular weight is 136 g/mol. The Balaban J connectivity index is 2.92. The van der Waals surface area contributed by atoms with Crippen molar-refractivity contribution in [1.29, 1.82) is 0 Å². The van der Waals surface area contributed by atoms with Crippen LogP contribution >= 0.6 is 9.24 Å². The molecule has 0 fully saturated rings. The summed E-state index contributed by atoms with van der Waals surface area (Å²) in [5.74, 6) is 0. The molecule has 2 atom stereocenters. The van der Waals surface area contributed by atoms with Gasteiger partial charge in [0.05, 0.1) is 19.1 Å². The zero-order valence-electron chi connectivity index (χ0n) is 5.39. The Labute approximate surface area is 52.8 Å². The maximum Gasteiger partial charge on any atom is 0.0784 e. The van der Waals surface area contributed by atoms with Gasteiger partial charge in [0.1, 0.15) is 0 Å². The summed E-state index contributed by atoms with van der Waals surface area (Å²) in [5, 5.41) is 0. The van der Waals surface area contributed by atoms with Gasteiger partial charge in [-0.1, -0.05) is 0 Å². The standard InChI is InChI=1S/C5H13O2P/c1-5(3-6-2)7-4-8/h5H,3-4,8H2,1-2H3/t5-/m0/s1. The Morgan fingerprint density at radius 1 is 1.62 bits per heavy atom. The molecule has 0 rings (SSSR count). The Bertz CT molecular complexity index is 43.7. The molecule has 2 nitrogen and oxygen atoms in total. The molecule has 0 spiro atoms. The highest BCUT2D eigenvalue weighted by atomic mass is 31.0. The molecule has 0 amide bonds. The molecular formula is C5H13O2P. The van der Waals surface area contributed by atoms with E-state index in [1.54, 1.807) is 7.11 Å². The topological polar surface area (TPSA) is 18.5 Å². The number of hydrogen-bond donors (Lipinski definition) is 0. The van der Waals surface area contributed by atoms with E-state index in [4.69, 9.17) is 9.47 Å². The summed E-state index contributed by atoms with van der Waals surface area (Å²) in [6.45, 7) is 2.65.